The van der Waals surface area contributed by atoms with Crippen LogP contribution in [0, 0.1) is 5.41 Å². The maximum Gasteiger partial charge on any atom is 0.407 e. The van der Waals surface area contributed by atoms with Gasteiger partial charge in [-0.25, -0.2) is 4.79 Å². The van der Waals surface area contributed by atoms with Crippen LogP contribution < -0.4 is 5.32 Å². The Morgan fingerprint density at radius 1 is 1.06 bits per heavy atom. The third-order valence-electron chi connectivity index (χ3n) is 4.90. The minimum absolute atomic E-state index is 0.0795. The van der Waals surface area contributed by atoms with Crippen LogP contribution in [0.5, 0.6) is 0 Å². The Balaban J connectivity index is 2.42. The second-order valence-electron chi connectivity index (χ2n) is 11.4. The number of amides is 1. The summed E-state index contributed by atoms with van der Waals surface area (Å²) in [5.74, 6) is 0. The lowest BCUT2D eigenvalue weighted by Crippen LogP contribution is -2.44. The molecule has 1 aliphatic heterocycles. The van der Waals surface area contributed by atoms with Gasteiger partial charge in [0.2, 0.25) is 0 Å². The molecule has 0 spiro atoms. The minimum Gasteiger partial charge on any atom is -0.455 e. The largest absolute Gasteiger partial charge is 0.455 e. The molecule has 2 rings (SSSR count). The summed E-state index contributed by atoms with van der Waals surface area (Å²) in [5.41, 5.74) is 1.67. The van der Waals surface area contributed by atoms with E-state index in [2.05, 4.69) is 46.9 Å². The number of ether oxygens (including phenoxy) is 3. The first-order valence-corrected chi connectivity index (χ1v) is 10.8. The van der Waals surface area contributed by atoms with E-state index in [4.69, 9.17) is 14.2 Å². The van der Waals surface area contributed by atoms with Gasteiger partial charge in [0.15, 0.2) is 0 Å². The molecule has 2 N–H and O–H groups in total. The third kappa shape index (κ3) is 7.46. The summed E-state index contributed by atoms with van der Waals surface area (Å²) in [4.78, 5) is 12.5. The van der Waals surface area contributed by atoms with Gasteiger partial charge in [-0.15, -0.1) is 0 Å². The van der Waals surface area contributed by atoms with Gasteiger partial charge in [0.05, 0.1) is 12.1 Å². The van der Waals surface area contributed by atoms with E-state index >= 15 is 0 Å². The van der Waals surface area contributed by atoms with Crippen molar-refractivity contribution in [3.63, 3.8) is 0 Å². The van der Waals surface area contributed by atoms with Crippen LogP contribution in [0.1, 0.15) is 97.8 Å². The molecule has 1 aromatic carbocycles. The number of nitrogens with one attached hydrogen (secondary N) is 1. The Kier molecular flexibility index (Phi) is 7.36. The summed E-state index contributed by atoms with van der Waals surface area (Å²) in [5, 5.41) is 14.3. The molecule has 0 saturated heterocycles. The first-order chi connectivity index (χ1) is 14.1. The topological polar surface area (TPSA) is 77.0 Å². The van der Waals surface area contributed by atoms with E-state index < -0.39 is 30.1 Å². The van der Waals surface area contributed by atoms with Crippen molar-refractivity contribution in [1.29, 1.82) is 0 Å². The van der Waals surface area contributed by atoms with Crippen LogP contribution in [0.15, 0.2) is 30.7 Å². The Morgan fingerprint density at radius 3 is 2.13 bits per heavy atom. The number of rotatable bonds is 5. The van der Waals surface area contributed by atoms with Gasteiger partial charge in [-0.05, 0) is 55.2 Å². The Morgan fingerprint density at radius 2 is 1.65 bits per heavy atom. The van der Waals surface area contributed by atoms with Gasteiger partial charge in [-0.2, -0.15) is 0 Å². The average molecular weight is 434 g/mol. The van der Waals surface area contributed by atoms with Gasteiger partial charge in [0.1, 0.15) is 18.1 Å². The van der Waals surface area contributed by atoms with Crippen LogP contribution in [0.4, 0.5) is 4.79 Å². The molecule has 1 aromatic rings. The summed E-state index contributed by atoms with van der Waals surface area (Å²) >= 11 is 0. The fraction of sp³-hybridized carbons (Fsp3) is 0.640. The Labute approximate surface area is 187 Å². The number of carbonyl (C=O) groups excluding carboxylic acids is 1. The fourth-order valence-electron chi connectivity index (χ4n) is 3.48. The van der Waals surface area contributed by atoms with E-state index in [0.29, 0.717) is 12.0 Å². The standard InChI is InChI=1S/C25H39NO5/c1-23(2,3)15-19(26-22(28)31-25(7,8)9)20(27)17-11-10-16(24(4,5)6)14-18(17)21-29-12-13-30-21/h10-14,19-21,27H,15H2,1-9H3,(H,26,28)/t19-,20?/m1/s1. The zero-order valence-electron chi connectivity index (χ0n) is 20.4. The molecule has 0 bridgehead atoms. The molecule has 0 aromatic heterocycles. The molecule has 0 aliphatic carbocycles. The lowest BCUT2D eigenvalue weighted by molar-refractivity contribution is -0.0277. The van der Waals surface area contributed by atoms with Gasteiger partial charge in [0.25, 0.3) is 6.29 Å². The molecule has 6 heteroatoms. The van der Waals surface area contributed by atoms with Crippen LogP contribution >= 0.6 is 0 Å². The lowest BCUT2D eigenvalue weighted by atomic mass is 9.81. The molecule has 6 nitrogen and oxygen atoms in total. The maximum atomic E-state index is 12.5. The highest BCUT2D eigenvalue weighted by Gasteiger charge is 2.33. The van der Waals surface area contributed by atoms with E-state index in [-0.39, 0.29) is 10.8 Å². The monoisotopic (exact) mass is 433 g/mol. The fourth-order valence-corrected chi connectivity index (χ4v) is 3.48. The second kappa shape index (κ2) is 9.11. The molecule has 31 heavy (non-hydrogen) atoms. The smallest absolute Gasteiger partial charge is 0.407 e. The average Bonchev–Trinajstić information content (AvgIpc) is 3.10. The number of hydrogen-bond acceptors (Lipinski definition) is 5. The summed E-state index contributed by atoms with van der Waals surface area (Å²) in [6.45, 7) is 18.0. The number of aliphatic hydroxyl groups is 1. The summed E-state index contributed by atoms with van der Waals surface area (Å²) in [6, 6.07) is 5.37. The molecule has 174 valence electrons. The van der Waals surface area contributed by atoms with Gasteiger partial charge in [-0.1, -0.05) is 53.7 Å². The van der Waals surface area contributed by atoms with Gasteiger partial charge in [0, 0.05) is 5.56 Å². The van der Waals surface area contributed by atoms with Crippen molar-refractivity contribution in [2.24, 2.45) is 5.41 Å². The van der Waals surface area contributed by atoms with E-state index in [1.165, 1.54) is 12.5 Å². The molecule has 1 amide bonds. The third-order valence-corrected chi connectivity index (χ3v) is 4.90. The molecule has 1 heterocycles. The van der Waals surface area contributed by atoms with E-state index in [1.807, 2.05) is 39.0 Å². The van der Waals surface area contributed by atoms with Crippen LogP contribution in [-0.2, 0) is 19.6 Å². The molecular weight excluding hydrogens is 394 g/mol. The summed E-state index contributed by atoms with van der Waals surface area (Å²) < 4.78 is 16.6. The lowest BCUT2D eigenvalue weighted by Gasteiger charge is -2.33. The zero-order valence-corrected chi connectivity index (χ0v) is 20.4. The van der Waals surface area contributed by atoms with Crippen molar-refractivity contribution >= 4 is 6.09 Å². The number of aliphatic hydroxyl groups excluding tert-OH is 1. The van der Waals surface area contributed by atoms with Crippen LogP contribution in [0.2, 0.25) is 0 Å². The first-order valence-electron chi connectivity index (χ1n) is 10.8. The molecule has 1 aliphatic rings. The van der Waals surface area contributed by atoms with Gasteiger partial charge >= 0.3 is 6.09 Å². The highest BCUT2D eigenvalue weighted by molar-refractivity contribution is 5.68. The highest BCUT2D eigenvalue weighted by Crippen LogP contribution is 2.37. The van der Waals surface area contributed by atoms with Crippen molar-refractivity contribution < 1.29 is 24.1 Å². The minimum atomic E-state index is -0.969. The van der Waals surface area contributed by atoms with Crippen molar-refractivity contribution in [3.8, 4) is 0 Å². The van der Waals surface area contributed by atoms with E-state index in [9.17, 15) is 9.90 Å². The Bertz CT molecular complexity index is 788. The zero-order chi connectivity index (χ0) is 23.6. The van der Waals surface area contributed by atoms with Crippen molar-refractivity contribution in [3.05, 3.63) is 47.4 Å². The van der Waals surface area contributed by atoms with Crippen molar-refractivity contribution in [2.45, 2.75) is 98.2 Å². The number of carbonyl (C=O) groups is 1. The summed E-state index contributed by atoms with van der Waals surface area (Å²) in [6.07, 6.45) is 1.39. The van der Waals surface area contributed by atoms with Gasteiger partial charge in [-0.3, -0.25) is 0 Å². The predicted octanol–water partition coefficient (Wildman–Crippen LogP) is 5.86. The Hall–Kier alpha value is -2.21. The normalized spacial score (nSPS) is 17.0. The molecular formula is C25H39NO5. The van der Waals surface area contributed by atoms with Crippen LogP contribution in [0.25, 0.3) is 0 Å². The van der Waals surface area contributed by atoms with Crippen molar-refractivity contribution in [2.75, 3.05) is 0 Å². The molecule has 2 atom stereocenters. The maximum absolute atomic E-state index is 12.5. The van der Waals surface area contributed by atoms with Crippen LogP contribution in [0.3, 0.4) is 0 Å². The quantitative estimate of drug-likeness (QED) is 0.608. The first kappa shape index (κ1) is 25.1. The molecule has 1 unspecified atom stereocenters. The molecule has 0 saturated carbocycles. The molecule has 0 fully saturated rings. The second-order valence-corrected chi connectivity index (χ2v) is 11.4. The summed E-state index contributed by atoms with van der Waals surface area (Å²) in [7, 11) is 0. The van der Waals surface area contributed by atoms with E-state index in [1.54, 1.807) is 0 Å². The van der Waals surface area contributed by atoms with Gasteiger partial charge < -0.3 is 24.6 Å². The highest BCUT2D eigenvalue weighted by atomic mass is 16.7. The number of alkyl carbamates (subject to hydrolysis) is 1. The SMILES string of the molecule is CC(C)(C)C[C@@H](NC(=O)OC(C)(C)C)C(O)c1ccc(C(C)(C)C)cc1C1OC=CO1. The number of hydrogen-bond donors (Lipinski definition) is 2. The van der Waals surface area contributed by atoms with Crippen LogP contribution in [-0.4, -0.2) is 22.8 Å². The molecule has 0 radical (unpaired) electrons. The number of benzene rings is 1. The predicted molar refractivity (Wildman–Crippen MR) is 121 cm³/mol. The van der Waals surface area contributed by atoms with E-state index in [0.717, 1.165) is 11.1 Å². The van der Waals surface area contributed by atoms with Crippen molar-refractivity contribution in [1.82, 2.24) is 5.32 Å².